The number of aromatic nitrogens is 2. The molecule has 0 aliphatic heterocycles. The molecule has 1 aromatic rings. The van der Waals surface area contributed by atoms with Crippen LogP contribution in [0.3, 0.4) is 0 Å². The van der Waals surface area contributed by atoms with Crippen LogP contribution in [0, 0.1) is 6.92 Å². The summed E-state index contributed by atoms with van der Waals surface area (Å²) in [6, 6.07) is 1.84. The normalized spacial score (nSPS) is 18.3. The monoisotopic (exact) mass is 283 g/mol. The summed E-state index contributed by atoms with van der Waals surface area (Å²) >= 11 is 6.11. The zero-order valence-electron chi connectivity index (χ0n) is 11.7. The number of carbonyl (C=O) groups excluding carboxylic acids is 1. The minimum atomic E-state index is -0.229. The molecule has 19 heavy (non-hydrogen) atoms. The Morgan fingerprint density at radius 2 is 2.16 bits per heavy atom. The molecule has 106 valence electrons. The van der Waals surface area contributed by atoms with E-state index >= 15 is 0 Å². The fourth-order valence-corrected chi connectivity index (χ4v) is 3.13. The van der Waals surface area contributed by atoms with Crippen molar-refractivity contribution >= 4 is 17.5 Å². The molecule has 1 saturated carbocycles. The van der Waals surface area contributed by atoms with Crippen molar-refractivity contribution < 1.29 is 4.79 Å². The summed E-state index contributed by atoms with van der Waals surface area (Å²) in [5, 5.41) is 7.47. The van der Waals surface area contributed by atoms with Crippen LogP contribution < -0.4 is 5.32 Å². The number of rotatable bonds is 4. The maximum Gasteiger partial charge on any atom is 0.270 e. The summed E-state index contributed by atoms with van der Waals surface area (Å²) in [5.74, 6) is 0.433. The number of nitrogens with zero attached hydrogens (tertiary/aromatic N) is 2. The Morgan fingerprint density at radius 3 is 2.74 bits per heavy atom. The Kier molecular flexibility index (Phi) is 4.50. The second-order valence-electron chi connectivity index (χ2n) is 5.42. The predicted molar refractivity (Wildman–Crippen MR) is 76.6 cm³/mol. The third-order valence-corrected chi connectivity index (χ3v) is 4.39. The Labute approximate surface area is 119 Å². The average Bonchev–Trinajstić information content (AvgIpc) is 2.81. The molecule has 1 heterocycles. The molecule has 0 aromatic carbocycles. The van der Waals surface area contributed by atoms with Gasteiger partial charge in [-0.05, 0) is 32.8 Å². The average molecular weight is 284 g/mol. The first-order valence-electron chi connectivity index (χ1n) is 7.03. The third kappa shape index (κ3) is 3.11. The highest BCUT2D eigenvalue weighted by Crippen LogP contribution is 2.29. The lowest BCUT2D eigenvalue weighted by atomic mass is 9.83. The van der Waals surface area contributed by atoms with E-state index in [1.165, 1.54) is 6.42 Å². The first-order valence-corrected chi connectivity index (χ1v) is 7.56. The van der Waals surface area contributed by atoms with Crippen LogP contribution in [0.5, 0.6) is 0 Å². The zero-order valence-corrected chi connectivity index (χ0v) is 12.5. The van der Waals surface area contributed by atoms with Crippen LogP contribution in [0.25, 0.3) is 0 Å². The molecule has 0 radical (unpaired) electrons. The van der Waals surface area contributed by atoms with Crippen molar-refractivity contribution in [3.05, 3.63) is 17.5 Å². The van der Waals surface area contributed by atoms with Gasteiger partial charge in [-0.25, -0.2) is 0 Å². The Hall–Kier alpha value is -1.03. The van der Waals surface area contributed by atoms with E-state index in [1.54, 1.807) is 4.68 Å². The van der Waals surface area contributed by atoms with E-state index in [1.807, 2.05) is 19.9 Å². The summed E-state index contributed by atoms with van der Waals surface area (Å²) in [4.78, 5) is 12.4. The summed E-state index contributed by atoms with van der Waals surface area (Å²) < 4.78 is 1.75. The Balaban J connectivity index is 2.14. The maximum atomic E-state index is 12.4. The van der Waals surface area contributed by atoms with E-state index in [2.05, 4.69) is 10.4 Å². The van der Waals surface area contributed by atoms with Crippen LogP contribution in [-0.4, -0.2) is 27.1 Å². The van der Waals surface area contributed by atoms with Gasteiger partial charge >= 0.3 is 0 Å². The van der Waals surface area contributed by atoms with Gasteiger partial charge in [0.05, 0.1) is 11.2 Å². The molecule has 0 unspecified atom stereocenters. The van der Waals surface area contributed by atoms with Gasteiger partial charge < -0.3 is 5.32 Å². The number of halogens is 1. The standard InChI is InChI=1S/C14H22ClN3O/c1-3-18-12(9-11(2)17-18)13(19)16-14(10-15)7-5-4-6-8-14/h9H,3-8,10H2,1-2H3,(H,16,19). The van der Waals surface area contributed by atoms with Crippen molar-refractivity contribution in [2.24, 2.45) is 0 Å². The highest BCUT2D eigenvalue weighted by atomic mass is 35.5. The van der Waals surface area contributed by atoms with Gasteiger partial charge in [-0.15, -0.1) is 11.6 Å². The highest BCUT2D eigenvalue weighted by molar-refractivity contribution is 6.19. The topological polar surface area (TPSA) is 46.9 Å². The summed E-state index contributed by atoms with van der Waals surface area (Å²) in [5.41, 5.74) is 1.28. The fraction of sp³-hybridized carbons (Fsp3) is 0.714. The maximum absolute atomic E-state index is 12.4. The number of carbonyl (C=O) groups is 1. The van der Waals surface area contributed by atoms with E-state index in [0.717, 1.165) is 31.4 Å². The van der Waals surface area contributed by atoms with Crippen LogP contribution in [0.1, 0.15) is 55.2 Å². The number of hydrogen-bond donors (Lipinski definition) is 1. The van der Waals surface area contributed by atoms with Gasteiger partial charge in [0, 0.05) is 12.4 Å². The van der Waals surface area contributed by atoms with Crippen molar-refractivity contribution in [1.82, 2.24) is 15.1 Å². The van der Waals surface area contributed by atoms with Crippen LogP contribution >= 0.6 is 11.6 Å². The van der Waals surface area contributed by atoms with Gasteiger partial charge in [-0.2, -0.15) is 5.10 Å². The molecule has 0 atom stereocenters. The predicted octanol–water partition coefficient (Wildman–Crippen LogP) is 2.88. The molecule has 5 heteroatoms. The van der Waals surface area contributed by atoms with E-state index in [0.29, 0.717) is 18.1 Å². The molecule has 2 rings (SSSR count). The number of nitrogens with one attached hydrogen (secondary N) is 1. The van der Waals surface area contributed by atoms with E-state index in [9.17, 15) is 4.79 Å². The largest absolute Gasteiger partial charge is 0.344 e. The first-order chi connectivity index (χ1) is 9.10. The molecule has 4 nitrogen and oxygen atoms in total. The van der Waals surface area contributed by atoms with Gasteiger partial charge in [-0.3, -0.25) is 9.48 Å². The van der Waals surface area contributed by atoms with E-state index < -0.39 is 0 Å². The van der Waals surface area contributed by atoms with Crippen LogP contribution in [0.4, 0.5) is 0 Å². The van der Waals surface area contributed by atoms with E-state index in [-0.39, 0.29) is 11.4 Å². The van der Waals surface area contributed by atoms with Crippen molar-refractivity contribution in [2.45, 2.75) is 58.0 Å². The van der Waals surface area contributed by atoms with Crippen LogP contribution in [-0.2, 0) is 6.54 Å². The number of hydrogen-bond acceptors (Lipinski definition) is 2. The van der Waals surface area contributed by atoms with Crippen molar-refractivity contribution in [2.75, 3.05) is 5.88 Å². The van der Waals surface area contributed by atoms with Gasteiger partial charge in [0.15, 0.2) is 0 Å². The second kappa shape index (κ2) is 5.95. The van der Waals surface area contributed by atoms with Gasteiger partial charge in [-0.1, -0.05) is 19.3 Å². The molecule has 1 fully saturated rings. The summed E-state index contributed by atoms with van der Waals surface area (Å²) in [7, 11) is 0. The lowest BCUT2D eigenvalue weighted by molar-refractivity contribution is 0.0873. The van der Waals surface area contributed by atoms with Crippen LogP contribution in [0.15, 0.2) is 6.07 Å². The quantitative estimate of drug-likeness (QED) is 0.864. The second-order valence-corrected chi connectivity index (χ2v) is 5.68. The Morgan fingerprint density at radius 1 is 1.47 bits per heavy atom. The zero-order chi connectivity index (χ0) is 13.9. The van der Waals surface area contributed by atoms with Gasteiger partial charge in [0.1, 0.15) is 5.69 Å². The third-order valence-electron chi connectivity index (χ3n) is 3.88. The number of aryl methyl sites for hydroxylation is 2. The molecule has 1 aromatic heterocycles. The van der Waals surface area contributed by atoms with E-state index in [4.69, 9.17) is 11.6 Å². The molecular weight excluding hydrogens is 262 g/mol. The minimum absolute atomic E-state index is 0.0509. The molecule has 1 aliphatic carbocycles. The minimum Gasteiger partial charge on any atom is -0.344 e. The summed E-state index contributed by atoms with van der Waals surface area (Å²) in [6.07, 6.45) is 5.46. The highest BCUT2D eigenvalue weighted by Gasteiger charge is 2.33. The molecular formula is C14H22ClN3O. The summed E-state index contributed by atoms with van der Waals surface area (Å²) in [6.45, 7) is 4.59. The van der Waals surface area contributed by atoms with Crippen molar-refractivity contribution in [3.63, 3.8) is 0 Å². The molecule has 1 N–H and O–H groups in total. The Bertz CT molecular complexity index is 450. The van der Waals surface area contributed by atoms with Gasteiger partial charge in [0.25, 0.3) is 5.91 Å². The SMILES string of the molecule is CCn1nc(C)cc1C(=O)NC1(CCl)CCCCC1. The number of alkyl halides is 1. The molecule has 0 spiro atoms. The smallest absolute Gasteiger partial charge is 0.270 e. The van der Waals surface area contributed by atoms with Crippen LogP contribution in [0.2, 0.25) is 0 Å². The lowest BCUT2D eigenvalue weighted by Crippen LogP contribution is -2.51. The first kappa shape index (κ1) is 14.4. The molecule has 1 amide bonds. The fourth-order valence-electron chi connectivity index (χ4n) is 2.79. The van der Waals surface area contributed by atoms with Crippen molar-refractivity contribution in [3.8, 4) is 0 Å². The van der Waals surface area contributed by atoms with Crippen molar-refractivity contribution in [1.29, 1.82) is 0 Å². The molecule has 0 bridgehead atoms. The number of amides is 1. The lowest BCUT2D eigenvalue weighted by Gasteiger charge is -2.36. The molecule has 1 aliphatic rings. The van der Waals surface area contributed by atoms with Gasteiger partial charge in [0.2, 0.25) is 0 Å². The molecule has 0 saturated heterocycles.